The number of pyridine rings is 1. The molecule has 0 amide bonds. The van der Waals surface area contributed by atoms with E-state index < -0.39 is 0 Å². The van der Waals surface area contributed by atoms with Gasteiger partial charge < -0.3 is 0 Å². The van der Waals surface area contributed by atoms with Crippen LogP contribution in [-0.4, -0.2) is 30.3 Å². The molecule has 110 valence electrons. The Labute approximate surface area is 127 Å². The molecule has 3 heterocycles. The number of ketones is 1. The zero-order valence-corrected chi connectivity index (χ0v) is 12.4. The van der Waals surface area contributed by atoms with Gasteiger partial charge in [-0.1, -0.05) is 13.8 Å². The first-order valence-electron chi connectivity index (χ1n) is 7.22. The second kappa shape index (κ2) is 4.43. The summed E-state index contributed by atoms with van der Waals surface area (Å²) in [6, 6.07) is 3.75. The largest absolute Gasteiger partial charge is 0.294 e. The summed E-state index contributed by atoms with van der Waals surface area (Å²) in [6.45, 7) is 4.19. The number of nitrogens with zero attached hydrogens (tertiary/aromatic N) is 5. The fraction of sp³-hybridized carbons (Fsp3) is 0.312. The topological polar surface area (TPSA) is 73.0 Å². The van der Waals surface area contributed by atoms with E-state index in [9.17, 15) is 4.79 Å². The predicted molar refractivity (Wildman–Crippen MR) is 80.4 cm³/mol. The van der Waals surface area contributed by atoms with Gasteiger partial charge in [-0.15, -0.1) is 5.10 Å². The minimum atomic E-state index is -0.0707. The molecule has 0 bridgehead atoms. The molecule has 0 spiro atoms. The molecule has 0 N–H and O–H groups in total. The molecular formula is C16H15N5O. The van der Waals surface area contributed by atoms with Gasteiger partial charge in [0, 0.05) is 30.6 Å². The Morgan fingerprint density at radius 3 is 2.86 bits per heavy atom. The summed E-state index contributed by atoms with van der Waals surface area (Å²) >= 11 is 0. The van der Waals surface area contributed by atoms with Crippen LogP contribution in [0, 0.1) is 5.41 Å². The zero-order valence-electron chi connectivity index (χ0n) is 12.4. The van der Waals surface area contributed by atoms with E-state index in [-0.39, 0.29) is 11.2 Å². The van der Waals surface area contributed by atoms with Crippen LogP contribution in [0.3, 0.4) is 0 Å². The Bertz CT molecular complexity index is 882. The average molecular weight is 293 g/mol. The van der Waals surface area contributed by atoms with Crippen LogP contribution in [0.4, 0.5) is 0 Å². The van der Waals surface area contributed by atoms with Crippen LogP contribution in [0.5, 0.6) is 0 Å². The van der Waals surface area contributed by atoms with Gasteiger partial charge >= 0.3 is 0 Å². The highest BCUT2D eigenvalue weighted by Crippen LogP contribution is 2.34. The lowest BCUT2D eigenvalue weighted by Crippen LogP contribution is -2.29. The molecule has 3 aromatic rings. The number of rotatable bonds is 1. The van der Waals surface area contributed by atoms with Gasteiger partial charge in [0.05, 0.1) is 11.3 Å². The lowest BCUT2D eigenvalue weighted by Gasteiger charge is -2.29. The molecule has 0 fully saturated rings. The summed E-state index contributed by atoms with van der Waals surface area (Å²) in [6.07, 6.45) is 6.38. The number of hydrogen-bond acceptors (Lipinski definition) is 5. The maximum Gasteiger partial charge on any atom is 0.252 e. The Morgan fingerprint density at radius 1 is 1.23 bits per heavy atom. The molecule has 0 aliphatic heterocycles. The summed E-state index contributed by atoms with van der Waals surface area (Å²) in [7, 11) is 0. The Hall–Kier alpha value is -2.63. The van der Waals surface area contributed by atoms with E-state index in [1.165, 1.54) is 0 Å². The number of aromatic nitrogens is 5. The highest BCUT2D eigenvalue weighted by atomic mass is 16.1. The van der Waals surface area contributed by atoms with Crippen LogP contribution in [0.2, 0.25) is 0 Å². The monoisotopic (exact) mass is 293 g/mol. The molecule has 0 atom stereocenters. The number of carbonyl (C=O) groups is 1. The predicted octanol–water partition coefficient (Wildman–Crippen LogP) is 2.34. The Morgan fingerprint density at radius 2 is 2.09 bits per heavy atom. The quantitative estimate of drug-likeness (QED) is 0.688. The van der Waals surface area contributed by atoms with E-state index in [0.29, 0.717) is 23.6 Å². The smallest absolute Gasteiger partial charge is 0.252 e. The normalized spacial score (nSPS) is 16.7. The van der Waals surface area contributed by atoms with Gasteiger partial charge in [0.1, 0.15) is 0 Å². The van der Waals surface area contributed by atoms with E-state index in [2.05, 4.69) is 33.9 Å². The summed E-state index contributed by atoms with van der Waals surface area (Å²) in [5.41, 5.74) is 2.32. The lowest BCUT2D eigenvalue weighted by molar-refractivity contribution is 0.0908. The lowest BCUT2D eigenvalue weighted by atomic mass is 9.76. The number of carbonyl (C=O) groups excluding carboxylic acids is 1. The molecule has 0 unspecified atom stereocenters. The van der Waals surface area contributed by atoms with E-state index >= 15 is 0 Å². The molecule has 0 saturated carbocycles. The molecule has 4 rings (SSSR count). The zero-order chi connectivity index (χ0) is 15.3. The van der Waals surface area contributed by atoms with E-state index in [1.54, 1.807) is 23.1 Å². The fourth-order valence-corrected chi connectivity index (χ4v) is 2.95. The molecule has 1 aliphatic rings. The second-order valence-electron chi connectivity index (χ2n) is 6.45. The summed E-state index contributed by atoms with van der Waals surface area (Å²) in [4.78, 5) is 25.1. The van der Waals surface area contributed by atoms with Gasteiger partial charge in [0.15, 0.2) is 11.6 Å². The maximum atomic E-state index is 12.3. The molecular weight excluding hydrogens is 278 g/mol. The van der Waals surface area contributed by atoms with E-state index in [0.717, 1.165) is 17.7 Å². The highest BCUT2D eigenvalue weighted by Gasteiger charge is 2.33. The Balaban J connectivity index is 1.93. The first kappa shape index (κ1) is 13.1. The molecule has 0 radical (unpaired) electrons. The van der Waals surface area contributed by atoms with Crippen molar-refractivity contribution in [2.45, 2.75) is 26.7 Å². The molecule has 3 aromatic heterocycles. The van der Waals surface area contributed by atoms with Crippen LogP contribution in [0.25, 0.3) is 17.2 Å². The fourth-order valence-electron chi connectivity index (χ4n) is 2.95. The van der Waals surface area contributed by atoms with Crippen LogP contribution < -0.4 is 0 Å². The summed E-state index contributed by atoms with van der Waals surface area (Å²) < 4.78 is 1.70. The van der Waals surface area contributed by atoms with Crippen LogP contribution in [-0.2, 0) is 6.42 Å². The van der Waals surface area contributed by atoms with Gasteiger partial charge in [-0.2, -0.15) is 9.50 Å². The van der Waals surface area contributed by atoms with Crippen molar-refractivity contribution in [3.05, 3.63) is 42.0 Å². The first-order valence-corrected chi connectivity index (χ1v) is 7.22. The SMILES string of the molecule is CC1(C)CC(=O)c2cnc3nc(-c4cccnc4)nn3c2C1. The number of Topliss-reactive ketones (excluding diaryl/α,β-unsaturated/α-hetero) is 1. The van der Waals surface area contributed by atoms with Gasteiger partial charge in [0.2, 0.25) is 0 Å². The average Bonchev–Trinajstić information content (AvgIpc) is 2.91. The van der Waals surface area contributed by atoms with Crippen molar-refractivity contribution in [2.24, 2.45) is 5.41 Å². The summed E-state index contributed by atoms with van der Waals surface area (Å²) in [5, 5.41) is 4.55. The third kappa shape index (κ3) is 1.99. The van der Waals surface area contributed by atoms with Crippen LogP contribution in [0.1, 0.15) is 36.3 Å². The van der Waals surface area contributed by atoms with Crippen molar-refractivity contribution in [3.63, 3.8) is 0 Å². The van der Waals surface area contributed by atoms with Crippen molar-refractivity contribution in [1.29, 1.82) is 0 Å². The highest BCUT2D eigenvalue weighted by molar-refractivity contribution is 5.98. The molecule has 22 heavy (non-hydrogen) atoms. The second-order valence-corrected chi connectivity index (χ2v) is 6.45. The van der Waals surface area contributed by atoms with Gasteiger partial charge in [-0.25, -0.2) is 4.98 Å². The minimum absolute atomic E-state index is 0.0707. The Kier molecular flexibility index (Phi) is 2.63. The van der Waals surface area contributed by atoms with Crippen molar-refractivity contribution in [3.8, 4) is 11.4 Å². The molecule has 0 aromatic carbocycles. The molecule has 6 nitrogen and oxygen atoms in total. The first-order chi connectivity index (χ1) is 10.5. The number of fused-ring (bicyclic) bond motifs is 3. The molecule has 1 aliphatic carbocycles. The molecule has 6 heteroatoms. The summed E-state index contributed by atoms with van der Waals surface area (Å²) in [5.74, 6) is 1.21. The maximum absolute atomic E-state index is 12.3. The third-order valence-electron chi connectivity index (χ3n) is 3.97. The van der Waals surface area contributed by atoms with Crippen LogP contribution in [0.15, 0.2) is 30.7 Å². The van der Waals surface area contributed by atoms with Crippen molar-refractivity contribution in [2.75, 3.05) is 0 Å². The van der Waals surface area contributed by atoms with Crippen LogP contribution >= 0.6 is 0 Å². The van der Waals surface area contributed by atoms with Crippen molar-refractivity contribution in [1.82, 2.24) is 24.6 Å². The van der Waals surface area contributed by atoms with Gasteiger partial charge in [-0.05, 0) is 24.0 Å². The van der Waals surface area contributed by atoms with Crippen molar-refractivity contribution < 1.29 is 4.79 Å². The van der Waals surface area contributed by atoms with Gasteiger partial charge in [-0.3, -0.25) is 9.78 Å². The van der Waals surface area contributed by atoms with E-state index in [4.69, 9.17) is 0 Å². The third-order valence-corrected chi connectivity index (χ3v) is 3.97. The number of hydrogen-bond donors (Lipinski definition) is 0. The van der Waals surface area contributed by atoms with E-state index in [1.807, 2.05) is 12.1 Å². The molecule has 0 saturated heterocycles. The standard InChI is InChI=1S/C16H15N5O/c1-16(2)6-12-11(13(22)7-16)9-18-15-19-14(20-21(12)15)10-4-3-5-17-8-10/h3-5,8-9H,6-7H2,1-2H3. The minimum Gasteiger partial charge on any atom is -0.294 e. The van der Waals surface area contributed by atoms with Gasteiger partial charge in [0.25, 0.3) is 5.78 Å². The van der Waals surface area contributed by atoms with Crippen molar-refractivity contribution >= 4 is 11.6 Å².